The molecule has 0 saturated carbocycles. The zero-order valence-electron chi connectivity index (χ0n) is 19.9. The molecule has 0 N–H and O–H groups in total. The summed E-state index contributed by atoms with van der Waals surface area (Å²) in [6.45, 7) is 8.21. The van der Waals surface area contributed by atoms with Gasteiger partial charge in [-0.2, -0.15) is 0 Å². The number of aryl methyl sites for hydroxylation is 1. The van der Waals surface area contributed by atoms with E-state index in [9.17, 15) is 9.59 Å². The predicted octanol–water partition coefficient (Wildman–Crippen LogP) is 4.36. The van der Waals surface area contributed by atoms with Crippen LogP contribution in [0.25, 0.3) is 0 Å². The maximum atomic E-state index is 13.7. The van der Waals surface area contributed by atoms with Crippen molar-refractivity contribution in [3.05, 3.63) is 66.0 Å². The molecule has 0 bridgehead atoms. The van der Waals surface area contributed by atoms with Crippen LogP contribution in [0.5, 0.6) is 0 Å². The summed E-state index contributed by atoms with van der Waals surface area (Å²) in [7, 11) is 0. The van der Waals surface area contributed by atoms with Gasteiger partial charge in [-0.3, -0.25) is 14.7 Å². The predicted molar refractivity (Wildman–Crippen MR) is 130 cm³/mol. The first-order chi connectivity index (χ1) is 16.0. The standard InChI is InChI=1S/C27H36N4O2/c1-22(2)12-17-29-18-13-27(14-19-29)25(32)30(16-7-11-23-10-6-15-28-20-23)26(33)31(27)21-24-8-4-3-5-9-24/h3-6,8-10,15,20,22H,7,11-14,16-19,21H2,1-2H3. The third kappa shape index (κ3) is 5.27. The maximum Gasteiger partial charge on any atom is 0.327 e. The summed E-state index contributed by atoms with van der Waals surface area (Å²) in [6.07, 6.45) is 7.75. The summed E-state index contributed by atoms with van der Waals surface area (Å²) in [5.74, 6) is 0.665. The number of imide groups is 1. The van der Waals surface area contributed by atoms with Crippen molar-refractivity contribution < 1.29 is 9.59 Å². The van der Waals surface area contributed by atoms with Crippen LogP contribution in [0, 0.1) is 5.92 Å². The molecule has 6 heteroatoms. The van der Waals surface area contributed by atoms with Crippen molar-refractivity contribution in [3.8, 4) is 0 Å². The Kier molecular flexibility index (Phi) is 7.43. The Balaban J connectivity index is 1.48. The van der Waals surface area contributed by atoms with Gasteiger partial charge < -0.3 is 9.80 Å². The molecule has 4 rings (SSSR count). The average Bonchev–Trinajstić information content (AvgIpc) is 3.01. The van der Waals surface area contributed by atoms with Crippen molar-refractivity contribution in [2.45, 2.75) is 58.0 Å². The number of rotatable bonds is 9. The molecule has 3 heterocycles. The highest BCUT2D eigenvalue weighted by Gasteiger charge is 2.57. The van der Waals surface area contributed by atoms with Gasteiger partial charge in [0.25, 0.3) is 5.91 Å². The molecule has 2 aromatic rings. The van der Waals surface area contributed by atoms with Gasteiger partial charge in [0, 0.05) is 38.6 Å². The van der Waals surface area contributed by atoms with Gasteiger partial charge in [0.2, 0.25) is 0 Å². The lowest BCUT2D eigenvalue weighted by Gasteiger charge is -2.42. The Hall–Kier alpha value is -2.73. The summed E-state index contributed by atoms with van der Waals surface area (Å²) in [5, 5.41) is 0. The molecule has 6 nitrogen and oxygen atoms in total. The second kappa shape index (κ2) is 10.5. The van der Waals surface area contributed by atoms with Crippen LogP contribution in [0.15, 0.2) is 54.9 Å². The van der Waals surface area contributed by atoms with E-state index in [4.69, 9.17) is 0 Å². The van der Waals surface area contributed by atoms with Crippen LogP contribution in [0.4, 0.5) is 4.79 Å². The molecular formula is C27H36N4O2. The molecule has 0 aliphatic carbocycles. The van der Waals surface area contributed by atoms with E-state index in [0.29, 0.717) is 31.8 Å². The number of amides is 3. The Morgan fingerprint density at radius 3 is 2.36 bits per heavy atom. The van der Waals surface area contributed by atoms with Crippen molar-refractivity contribution in [2.75, 3.05) is 26.2 Å². The van der Waals surface area contributed by atoms with E-state index in [0.717, 1.165) is 50.0 Å². The van der Waals surface area contributed by atoms with Crippen molar-refractivity contribution in [3.63, 3.8) is 0 Å². The van der Waals surface area contributed by atoms with Gasteiger partial charge in [-0.15, -0.1) is 0 Å². The fourth-order valence-electron chi connectivity index (χ4n) is 5.02. The van der Waals surface area contributed by atoms with Crippen molar-refractivity contribution in [2.24, 2.45) is 5.92 Å². The first kappa shape index (κ1) is 23.4. The molecule has 1 aromatic carbocycles. The van der Waals surface area contributed by atoms with E-state index < -0.39 is 5.54 Å². The Morgan fingerprint density at radius 2 is 1.70 bits per heavy atom. The Morgan fingerprint density at radius 1 is 0.970 bits per heavy atom. The van der Waals surface area contributed by atoms with Gasteiger partial charge >= 0.3 is 6.03 Å². The number of piperidine rings is 1. The van der Waals surface area contributed by atoms with Crippen LogP contribution in [0.2, 0.25) is 0 Å². The minimum Gasteiger partial charge on any atom is -0.305 e. The van der Waals surface area contributed by atoms with E-state index in [2.05, 4.69) is 23.7 Å². The van der Waals surface area contributed by atoms with Crippen molar-refractivity contribution >= 4 is 11.9 Å². The summed E-state index contributed by atoms with van der Waals surface area (Å²) < 4.78 is 0. The van der Waals surface area contributed by atoms with Gasteiger partial charge in [-0.05, 0) is 61.8 Å². The van der Waals surface area contributed by atoms with E-state index in [1.165, 1.54) is 4.90 Å². The summed E-state index contributed by atoms with van der Waals surface area (Å²) in [6, 6.07) is 13.9. The molecule has 0 unspecified atom stereocenters. The van der Waals surface area contributed by atoms with Gasteiger partial charge in [0.05, 0.1) is 0 Å². The Bertz CT molecular complexity index is 924. The van der Waals surface area contributed by atoms with Crippen LogP contribution < -0.4 is 0 Å². The number of urea groups is 1. The summed E-state index contributed by atoms with van der Waals surface area (Å²) >= 11 is 0. The molecule has 1 aromatic heterocycles. The molecule has 0 atom stereocenters. The molecular weight excluding hydrogens is 412 g/mol. The monoisotopic (exact) mass is 448 g/mol. The quantitative estimate of drug-likeness (QED) is 0.535. The van der Waals surface area contributed by atoms with Crippen LogP contribution in [0.1, 0.15) is 50.7 Å². The molecule has 2 aliphatic heterocycles. The number of pyridine rings is 1. The maximum absolute atomic E-state index is 13.7. The minimum atomic E-state index is -0.713. The average molecular weight is 449 g/mol. The largest absolute Gasteiger partial charge is 0.327 e. The normalized spacial score (nSPS) is 18.6. The number of carbonyl (C=O) groups is 2. The number of carbonyl (C=O) groups excluding carboxylic acids is 2. The van der Waals surface area contributed by atoms with E-state index in [1.54, 1.807) is 6.20 Å². The zero-order valence-corrected chi connectivity index (χ0v) is 19.9. The third-order valence-electron chi connectivity index (χ3n) is 7.08. The van der Waals surface area contributed by atoms with Gasteiger partial charge in [-0.25, -0.2) is 4.79 Å². The van der Waals surface area contributed by atoms with Crippen molar-refractivity contribution in [1.29, 1.82) is 0 Å². The first-order valence-electron chi connectivity index (χ1n) is 12.3. The van der Waals surface area contributed by atoms with E-state index >= 15 is 0 Å². The second-order valence-electron chi connectivity index (χ2n) is 9.83. The van der Waals surface area contributed by atoms with E-state index in [1.807, 2.05) is 53.6 Å². The van der Waals surface area contributed by atoms with Crippen molar-refractivity contribution in [1.82, 2.24) is 19.7 Å². The number of benzene rings is 1. The number of hydrogen-bond acceptors (Lipinski definition) is 4. The number of hydrogen-bond donors (Lipinski definition) is 0. The highest BCUT2D eigenvalue weighted by atomic mass is 16.2. The number of aromatic nitrogens is 1. The molecule has 1 spiro atoms. The fourth-order valence-corrected chi connectivity index (χ4v) is 5.02. The SMILES string of the molecule is CC(C)CCN1CCC2(CC1)C(=O)N(CCCc1cccnc1)C(=O)N2Cc1ccccc1. The summed E-state index contributed by atoms with van der Waals surface area (Å²) in [5.41, 5.74) is 1.48. The first-order valence-corrected chi connectivity index (χ1v) is 12.3. The second-order valence-corrected chi connectivity index (χ2v) is 9.83. The van der Waals surface area contributed by atoms with Crippen LogP contribution in [-0.4, -0.2) is 63.3 Å². The topological polar surface area (TPSA) is 56.8 Å². The minimum absolute atomic E-state index is 0.00173. The molecule has 3 amide bonds. The van der Waals surface area contributed by atoms with Crippen LogP contribution in [0.3, 0.4) is 0 Å². The molecule has 0 radical (unpaired) electrons. The van der Waals surface area contributed by atoms with Gasteiger partial charge in [0.15, 0.2) is 0 Å². The molecule has 33 heavy (non-hydrogen) atoms. The molecule has 2 aliphatic rings. The number of nitrogens with zero attached hydrogens (tertiary/aromatic N) is 4. The molecule has 176 valence electrons. The number of likely N-dealkylation sites (tertiary alicyclic amines) is 1. The zero-order chi connectivity index (χ0) is 23.3. The van der Waals surface area contributed by atoms with Gasteiger partial charge in [0.1, 0.15) is 5.54 Å². The lowest BCUT2D eigenvalue weighted by Crippen LogP contribution is -2.56. The molecule has 2 saturated heterocycles. The highest BCUT2D eigenvalue weighted by molar-refractivity contribution is 6.07. The van der Waals surface area contributed by atoms with Gasteiger partial charge in [-0.1, -0.05) is 50.2 Å². The smallest absolute Gasteiger partial charge is 0.305 e. The van der Waals surface area contributed by atoms with Crippen LogP contribution >= 0.6 is 0 Å². The Labute approximate surface area is 197 Å². The fraction of sp³-hybridized carbons (Fsp3) is 0.519. The third-order valence-corrected chi connectivity index (χ3v) is 7.08. The lowest BCUT2D eigenvalue weighted by molar-refractivity contribution is -0.135. The van der Waals surface area contributed by atoms with Crippen LogP contribution in [-0.2, 0) is 17.8 Å². The molecule has 2 fully saturated rings. The van der Waals surface area contributed by atoms with E-state index in [-0.39, 0.29) is 11.9 Å². The summed E-state index contributed by atoms with van der Waals surface area (Å²) in [4.78, 5) is 37.3. The highest BCUT2D eigenvalue weighted by Crippen LogP contribution is 2.38. The lowest BCUT2D eigenvalue weighted by atomic mass is 9.85.